The van der Waals surface area contributed by atoms with E-state index in [0.717, 1.165) is 0 Å². The molecule has 0 aliphatic rings. The number of nitrogens with one attached hydrogen (secondary N) is 1. The maximum Gasteiger partial charge on any atom is 0.337 e. The lowest BCUT2D eigenvalue weighted by Gasteiger charge is -2.08. The summed E-state index contributed by atoms with van der Waals surface area (Å²) in [6.45, 7) is 0.200. The summed E-state index contributed by atoms with van der Waals surface area (Å²) in [6.07, 6.45) is 1.63. The number of pyridine rings is 1. The Morgan fingerprint density at radius 3 is 2.74 bits per heavy atom. The average Bonchev–Trinajstić information content (AvgIpc) is 3.13. The molecule has 0 aliphatic heterocycles. The van der Waals surface area contributed by atoms with Crippen molar-refractivity contribution in [3.63, 3.8) is 0 Å². The van der Waals surface area contributed by atoms with Crippen LogP contribution in [0, 0.1) is 0 Å². The molecule has 1 amide bonds. The van der Waals surface area contributed by atoms with E-state index in [1.165, 1.54) is 42.0 Å². The Morgan fingerprint density at radius 1 is 1.19 bits per heavy atom. The minimum absolute atomic E-state index is 0.0496. The summed E-state index contributed by atoms with van der Waals surface area (Å²) in [5.41, 5.74) is 0.328. The van der Waals surface area contributed by atoms with E-state index in [4.69, 9.17) is 16.0 Å². The van der Waals surface area contributed by atoms with Gasteiger partial charge in [0.1, 0.15) is 5.76 Å². The van der Waals surface area contributed by atoms with Crippen LogP contribution in [-0.4, -0.2) is 23.6 Å². The van der Waals surface area contributed by atoms with Gasteiger partial charge in [-0.15, -0.1) is 0 Å². The van der Waals surface area contributed by atoms with Crippen LogP contribution in [-0.2, 0) is 11.3 Å². The molecule has 1 N–H and O–H groups in total. The number of methoxy groups -OCH3 is 1. The molecule has 0 saturated heterocycles. The molecule has 0 saturated carbocycles. The molecule has 2 aromatic heterocycles. The van der Waals surface area contributed by atoms with Gasteiger partial charge in [0.05, 0.1) is 29.9 Å². The molecule has 0 atom stereocenters. The lowest BCUT2D eigenvalue weighted by atomic mass is 10.2. The van der Waals surface area contributed by atoms with Crippen molar-refractivity contribution in [1.82, 2.24) is 4.57 Å². The summed E-state index contributed by atoms with van der Waals surface area (Å²) >= 11 is 6.07. The van der Waals surface area contributed by atoms with E-state index in [-0.39, 0.29) is 34.1 Å². The van der Waals surface area contributed by atoms with Crippen LogP contribution < -0.4 is 10.9 Å². The highest BCUT2D eigenvalue weighted by molar-refractivity contribution is 6.34. The molecule has 8 heteroatoms. The molecule has 7 nitrogen and oxygen atoms in total. The molecule has 138 valence electrons. The van der Waals surface area contributed by atoms with Crippen molar-refractivity contribution in [2.75, 3.05) is 12.4 Å². The van der Waals surface area contributed by atoms with Gasteiger partial charge in [0.15, 0.2) is 5.76 Å². The third kappa shape index (κ3) is 4.27. The van der Waals surface area contributed by atoms with Crippen molar-refractivity contribution in [2.45, 2.75) is 6.54 Å². The lowest BCUT2D eigenvalue weighted by Crippen LogP contribution is -2.18. The highest BCUT2D eigenvalue weighted by atomic mass is 35.5. The first-order chi connectivity index (χ1) is 13.0. The van der Waals surface area contributed by atoms with Gasteiger partial charge in [-0.25, -0.2) is 4.79 Å². The zero-order valence-corrected chi connectivity index (χ0v) is 15.0. The summed E-state index contributed by atoms with van der Waals surface area (Å²) in [6, 6.07) is 12.3. The van der Waals surface area contributed by atoms with Gasteiger partial charge in [-0.2, -0.15) is 0 Å². The number of hydrogen-bond donors (Lipinski definition) is 1. The Kier molecular flexibility index (Phi) is 5.42. The van der Waals surface area contributed by atoms with Crippen molar-refractivity contribution >= 4 is 29.2 Å². The SMILES string of the molecule is COC(=O)c1ccc(Cl)c(NC(=O)c2ccc(Cn3ccccc3=O)o2)c1. The Morgan fingerprint density at radius 2 is 2.00 bits per heavy atom. The van der Waals surface area contributed by atoms with Crippen LogP contribution in [0.2, 0.25) is 5.02 Å². The largest absolute Gasteiger partial charge is 0.465 e. The van der Waals surface area contributed by atoms with Crippen molar-refractivity contribution in [3.05, 3.63) is 87.2 Å². The zero-order valence-electron chi connectivity index (χ0n) is 14.3. The molecular weight excluding hydrogens is 372 g/mol. The van der Waals surface area contributed by atoms with Crippen LogP contribution in [0.15, 0.2) is 63.9 Å². The van der Waals surface area contributed by atoms with Gasteiger partial charge in [0.25, 0.3) is 11.5 Å². The number of rotatable bonds is 5. The van der Waals surface area contributed by atoms with E-state index in [9.17, 15) is 14.4 Å². The van der Waals surface area contributed by atoms with Crippen LogP contribution in [0.25, 0.3) is 0 Å². The number of halogens is 1. The number of furan rings is 1. The predicted octanol–water partition coefficient (Wildman–Crippen LogP) is 3.18. The number of hydrogen-bond acceptors (Lipinski definition) is 5. The van der Waals surface area contributed by atoms with Crippen LogP contribution >= 0.6 is 11.6 Å². The second-order valence-electron chi connectivity index (χ2n) is 5.57. The van der Waals surface area contributed by atoms with Gasteiger partial charge in [-0.05, 0) is 36.4 Å². The number of benzene rings is 1. The fourth-order valence-electron chi connectivity index (χ4n) is 2.39. The number of aromatic nitrogens is 1. The maximum atomic E-state index is 12.4. The summed E-state index contributed by atoms with van der Waals surface area (Å²) in [5, 5.41) is 2.86. The molecule has 0 aliphatic carbocycles. The zero-order chi connectivity index (χ0) is 19.4. The first-order valence-electron chi connectivity index (χ1n) is 7.91. The standard InChI is InChI=1S/C19H15ClN2O5/c1-26-19(25)12-5-7-14(20)15(10-12)21-18(24)16-8-6-13(27-16)11-22-9-3-2-4-17(22)23/h2-10H,11H2,1H3,(H,21,24). The highest BCUT2D eigenvalue weighted by Crippen LogP contribution is 2.24. The van der Waals surface area contributed by atoms with E-state index in [1.807, 2.05) is 0 Å². The summed E-state index contributed by atoms with van der Waals surface area (Å²) in [7, 11) is 1.26. The molecule has 0 spiro atoms. The van der Waals surface area contributed by atoms with Crippen LogP contribution in [0.5, 0.6) is 0 Å². The molecule has 3 aromatic rings. The highest BCUT2D eigenvalue weighted by Gasteiger charge is 2.15. The maximum absolute atomic E-state index is 12.4. The average molecular weight is 387 g/mol. The van der Waals surface area contributed by atoms with Gasteiger partial charge in [-0.3, -0.25) is 9.59 Å². The van der Waals surface area contributed by atoms with Gasteiger partial charge in [0.2, 0.25) is 0 Å². The van der Waals surface area contributed by atoms with E-state index in [1.54, 1.807) is 24.4 Å². The molecule has 0 radical (unpaired) electrons. The number of amides is 1. The number of ether oxygens (including phenoxy) is 1. The molecule has 0 unspecified atom stereocenters. The van der Waals surface area contributed by atoms with Gasteiger partial charge < -0.3 is 19.0 Å². The fraction of sp³-hybridized carbons (Fsp3) is 0.105. The fourth-order valence-corrected chi connectivity index (χ4v) is 2.56. The monoisotopic (exact) mass is 386 g/mol. The quantitative estimate of drug-likeness (QED) is 0.680. The minimum atomic E-state index is -0.546. The third-order valence-corrected chi connectivity index (χ3v) is 4.08. The summed E-state index contributed by atoms with van der Waals surface area (Å²) in [4.78, 5) is 35.8. The Balaban J connectivity index is 1.76. The van der Waals surface area contributed by atoms with E-state index >= 15 is 0 Å². The first kappa shape index (κ1) is 18.5. The van der Waals surface area contributed by atoms with Gasteiger partial charge in [0, 0.05) is 12.3 Å². The molecule has 0 bridgehead atoms. The Hall–Kier alpha value is -3.32. The molecule has 1 aromatic carbocycles. The van der Waals surface area contributed by atoms with E-state index < -0.39 is 11.9 Å². The first-order valence-corrected chi connectivity index (χ1v) is 8.29. The van der Waals surface area contributed by atoms with Crippen molar-refractivity contribution in [1.29, 1.82) is 0 Å². The molecular formula is C19H15ClN2O5. The topological polar surface area (TPSA) is 90.5 Å². The predicted molar refractivity (Wildman–Crippen MR) is 99.3 cm³/mol. The van der Waals surface area contributed by atoms with Gasteiger partial charge >= 0.3 is 5.97 Å². The van der Waals surface area contributed by atoms with Crippen LogP contribution in [0.4, 0.5) is 5.69 Å². The second kappa shape index (κ2) is 7.92. The smallest absolute Gasteiger partial charge is 0.337 e. The second-order valence-corrected chi connectivity index (χ2v) is 5.98. The molecule has 3 rings (SSSR count). The Labute approximate surface area is 159 Å². The number of anilines is 1. The lowest BCUT2D eigenvalue weighted by molar-refractivity contribution is 0.0600. The summed E-state index contributed by atoms with van der Waals surface area (Å²) in [5.74, 6) is -0.585. The third-order valence-electron chi connectivity index (χ3n) is 3.75. The van der Waals surface area contributed by atoms with Crippen LogP contribution in [0.1, 0.15) is 26.7 Å². The van der Waals surface area contributed by atoms with Crippen LogP contribution in [0.3, 0.4) is 0 Å². The molecule has 27 heavy (non-hydrogen) atoms. The van der Waals surface area contributed by atoms with E-state index in [0.29, 0.717) is 5.76 Å². The number of nitrogens with zero attached hydrogens (tertiary/aromatic N) is 1. The number of esters is 1. The summed E-state index contributed by atoms with van der Waals surface area (Å²) < 4.78 is 11.6. The molecule has 0 fully saturated rings. The minimum Gasteiger partial charge on any atom is -0.465 e. The van der Waals surface area contributed by atoms with E-state index in [2.05, 4.69) is 10.1 Å². The number of carbonyl (C=O) groups excluding carboxylic acids is 2. The normalized spacial score (nSPS) is 10.4. The Bertz CT molecular complexity index is 1050. The van der Waals surface area contributed by atoms with Crippen molar-refractivity contribution < 1.29 is 18.7 Å². The van der Waals surface area contributed by atoms with Gasteiger partial charge in [-0.1, -0.05) is 17.7 Å². The van der Waals surface area contributed by atoms with Crippen molar-refractivity contribution in [2.24, 2.45) is 0 Å². The molecule has 2 heterocycles. The number of carbonyl (C=O) groups is 2. The van der Waals surface area contributed by atoms with Crippen molar-refractivity contribution in [3.8, 4) is 0 Å².